The first-order valence-electron chi connectivity index (χ1n) is 7.33. The highest BCUT2D eigenvalue weighted by Gasteiger charge is 2.32. The summed E-state index contributed by atoms with van der Waals surface area (Å²) in [7, 11) is 0. The Morgan fingerprint density at radius 3 is 2.82 bits per heavy atom. The van der Waals surface area contributed by atoms with Crippen LogP contribution in [0.15, 0.2) is 24.3 Å². The zero-order valence-corrected chi connectivity index (χ0v) is 12.9. The number of carbonyl (C=O) groups excluding carboxylic acids is 2. The third-order valence-electron chi connectivity index (χ3n) is 3.85. The Morgan fingerprint density at radius 2 is 2.09 bits per heavy atom. The number of nitrogens with zero attached hydrogens (tertiary/aromatic N) is 1. The smallest absolute Gasteiger partial charge is 0.251 e. The van der Waals surface area contributed by atoms with E-state index >= 15 is 0 Å². The van der Waals surface area contributed by atoms with Gasteiger partial charge in [-0.25, -0.2) is 0 Å². The summed E-state index contributed by atoms with van der Waals surface area (Å²) in [6, 6.07) is 8.40. The third kappa shape index (κ3) is 4.22. The number of nitriles is 1. The minimum atomic E-state index is -0.287. The number of rotatable bonds is 4. The SMILES string of the molecule is N#CCNC(=O)[C@H]1CCCC[C@H]1NC(=O)c1cccc(Cl)c1. The van der Waals surface area contributed by atoms with Crippen LogP contribution < -0.4 is 10.6 Å². The van der Waals surface area contributed by atoms with Gasteiger partial charge in [0, 0.05) is 16.6 Å². The van der Waals surface area contributed by atoms with Crippen LogP contribution in [0.4, 0.5) is 0 Å². The summed E-state index contributed by atoms with van der Waals surface area (Å²) in [4.78, 5) is 24.4. The minimum absolute atomic E-state index is 0.00963. The fraction of sp³-hybridized carbons (Fsp3) is 0.438. The summed E-state index contributed by atoms with van der Waals surface area (Å²) < 4.78 is 0. The highest BCUT2D eigenvalue weighted by atomic mass is 35.5. The molecule has 0 bridgehead atoms. The number of amides is 2. The normalized spacial score (nSPS) is 20.7. The van der Waals surface area contributed by atoms with Crippen molar-refractivity contribution in [2.75, 3.05) is 6.54 Å². The van der Waals surface area contributed by atoms with E-state index in [0.29, 0.717) is 10.6 Å². The first-order chi connectivity index (χ1) is 10.6. The van der Waals surface area contributed by atoms with Crippen molar-refractivity contribution in [2.45, 2.75) is 31.7 Å². The van der Waals surface area contributed by atoms with Crippen molar-refractivity contribution in [3.05, 3.63) is 34.9 Å². The molecule has 1 aromatic rings. The molecule has 1 saturated carbocycles. The largest absolute Gasteiger partial charge is 0.349 e. The molecule has 5 nitrogen and oxygen atoms in total. The summed E-state index contributed by atoms with van der Waals surface area (Å²) in [5, 5.41) is 14.6. The Morgan fingerprint density at radius 1 is 1.32 bits per heavy atom. The van der Waals surface area contributed by atoms with Gasteiger partial charge in [-0.1, -0.05) is 30.5 Å². The van der Waals surface area contributed by atoms with Gasteiger partial charge in [0.05, 0.1) is 12.0 Å². The molecule has 0 aromatic heterocycles. The van der Waals surface area contributed by atoms with Crippen LogP contribution in [0.5, 0.6) is 0 Å². The molecular weight excluding hydrogens is 302 g/mol. The van der Waals surface area contributed by atoms with Gasteiger partial charge in [-0.2, -0.15) is 5.26 Å². The molecule has 0 spiro atoms. The maximum absolute atomic E-state index is 12.3. The van der Waals surface area contributed by atoms with Crippen LogP contribution in [0.25, 0.3) is 0 Å². The molecule has 1 aromatic carbocycles. The lowest BCUT2D eigenvalue weighted by atomic mass is 9.83. The standard InChI is InChI=1S/C16H18ClN3O2/c17-12-5-3-4-11(10-12)15(21)20-14-7-2-1-6-13(14)16(22)19-9-8-18/h3-5,10,13-14H,1-2,6-7,9H2,(H,19,22)(H,20,21)/t13-,14+/m0/s1. The predicted molar refractivity (Wildman–Crippen MR) is 83.3 cm³/mol. The molecule has 2 atom stereocenters. The number of nitrogens with one attached hydrogen (secondary N) is 2. The number of hydrogen-bond acceptors (Lipinski definition) is 3. The Hall–Kier alpha value is -2.06. The highest BCUT2D eigenvalue weighted by Crippen LogP contribution is 2.25. The molecule has 0 unspecified atom stereocenters. The molecule has 6 heteroatoms. The highest BCUT2D eigenvalue weighted by molar-refractivity contribution is 6.30. The van der Waals surface area contributed by atoms with Gasteiger partial charge in [0.25, 0.3) is 5.91 Å². The van der Waals surface area contributed by atoms with E-state index in [1.807, 2.05) is 6.07 Å². The Kier molecular flexibility index (Phi) is 5.79. The van der Waals surface area contributed by atoms with Crippen LogP contribution in [0.1, 0.15) is 36.0 Å². The van der Waals surface area contributed by atoms with Crippen molar-refractivity contribution in [1.82, 2.24) is 10.6 Å². The van der Waals surface area contributed by atoms with Crippen molar-refractivity contribution >= 4 is 23.4 Å². The van der Waals surface area contributed by atoms with Crippen LogP contribution in [0.3, 0.4) is 0 Å². The molecule has 1 aliphatic carbocycles. The fourth-order valence-electron chi connectivity index (χ4n) is 2.76. The number of benzene rings is 1. The molecule has 0 aliphatic heterocycles. The van der Waals surface area contributed by atoms with E-state index in [0.717, 1.165) is 25.7 Å². The summed E-state index contributed by atoms with van der Waals surface area (Å²) in [5.41, 5.74) is 0.481. The van der Waals surface area contributed by atoms with Crippen LogP contribution in [0, 0.1) is 17.2 Å². The van der Waals surface area contributed by atoms with Crippen LogP contribution in [-0.2, 0) is 4.79 Å². The van der Waals surface area contributed by atoms with Gasteiger partial charge in [-0.3, -0.25) is 9.59 Å². The lowest BCUT2D eigenvalue weighted by molar-refractivity contribution is -0.126. The second-order valence-corrected chi connectivity index (χ2v) is 5.79. The van der Waals surface area contributed by atoms with Gasteiger partial charge in [0.2, 0.25) is 5.91 Å². The average molecular weight is 320 g/mol. The van der Waals surface area contributed by atoms with Gasteiger partial charge >= 0.3 is 0 Å². The first-order valence-corrected chi connectivity index (χ1v) is 7.70. The van der Waals surface area contributed by atoms with Crippen molar-refractivity contribution in [3.8, 4) is 6.07 Å². The average Bonchev–Trinajstić information content (AvgIpc) is 2.53. The van der Waals surface area contributed by atoms with E-state index in [1.165, 1.54) is 0 Å². The van der Waals surface area contributed by atoms with Gasteiger partial charge in [-0.15, -0.1) is 0 Å². The van der Waals surface area contributed by atoms with Crippen LogP contribution >= 0.6 is 11.6 Å². The van der Waals surface area contributed by atoms with Gasteiger partial charge in [0.1, 0.15) is 6.54 Å². The summed E-state index contributed by atoms with van der Waals surface area (Å²) >= 11 is 5.89. The summed E-state index contributed by atoms with van der Waals surface area (Å²) in [6.45, 7) is -0.00963. The quantitative estimate of drug-likeness (QED) is 0.835. The van der Waals surface area contributed by atoms with E-state index in [1.54, 1.807) is 24.3 Å². The number of carbonyl (C=O) groups is 2. The summed E-state index contributed by atoms with van der Waals surface area (Å²) in [6.07, 6.45) is 3.41. The lowest BCUT2D eigenvalue weighted by Gasteiger charge is -2.31. The molecule has 116 valence electrons. The Balaban J connectivity index is 2.03. The zero-order chi connectivity index (χ0) is 15.9. The van der Waals surface area contributed by atoms with E-state index in [2.05, 4.69) is 10.6 Å². The van der Waals surface area contributed by atoms with Crippen molar-refractivity contribution in [1.29, 1.82) is 5.26 Å². The van der Waals surface area contributed by atoms with E-state index < -0.39 is 0 Å². The Bertz CT molecular complexity index is 597. The molecule has 2 rings (SSSR count). The Labute approximate surface area is 134 Å². The van der Waals surface area contributed by atoms with Crippen molar-refractivity contribution in [3.63, 3.8) is 0 Å². The van der Waals surface area contributed by atoms with E-state index in [9.17, 15) is 9.59 Å². The molecule has 2 N–H and O–H groups in total. The number of hydrogen-bond donors (Lipinski definition) is 2. The third-order valence-corrected chi connectivity index (χ3v) is 4.08. The zero-order valence-electron chi connectivity index (χ0n) is 12.1. The second kappa shape index (κ2) is 7.81. The second-order valence-electron chi connectivity index (χ2n) is 5.36. The molecule has 22 heavy (non-hydrogen) atoms. The minimum Gasteiger partial charge on any atom is -0.349 e. The molecule has 2 amide bonds. The molecule has 1 aliphatic rings. The first kappa shape index (κ1) is 16.3. The van der Waals surface area contributed by atoms with Crippen LogP contribution in [0.2, 0.25) is 5.02 Å². The van der Waals surface area contributed by atoms with Crippen molar-refractivity contribution < 1.29 is 9.59 Å². The van der Waals surface area contributed by atoms with Crippen molar-refractivity contribution in [2.24, 2.45) is 5.92 Å². The monoisotopic (exact) mass is 319 g/mol. The van der Waals surface area contributed by atoms with Gasteiger partial charge < -0.3 is 10.6 Å². The maximum atomic E-state index is 12.3. The van der Waals surface area contributed by atoms with Gasteiger partial charge in [-0.05, 0) is 31.0 Å². The molecule has 0 heterocycles. The lowest BCUT2D eigenvalue weighted by Crippen LogP contribution is -2.48. The predicted octanol–water partition coefficient (Wildman–Crippen LogP) is 2.27. The summed E-state index contributed by atoms with van der Waals surface area (Å²) in [5.74, 6) is -0.685. The topological polar surface area (TPSA) is 82.0 Å². The van der Waals surface area contributed by atoms with Gasteiger partial charge in [0.15, 0.2) is 0 Å². The maximum Gasteiger partial charge on any atom is 0.251 e. The molecule has 0 saturated heterocycles. The molecule has 0 radical (unpaired) electrons. The van der Waals surface area contributed by atoms with E-state index in [4.69, 9.17) is 16.9 Å². The molecule has 1 fully saturated rings. The molecular formula is C16H18ClN3O2. The van der Waals surface area contributed by atoms with E-state index in [-0.39, 0.29) is 30.3 Å². The number of halogens is 1. The fourth-order valence-corrected chi connectivity index (χ4v) is 2.95. The van der Waals surface area contributed by atoms with Crippen LogP contribution in [-0.4, -0.2) is 24.4 Å².